The lowest BCUT2D eigenvalue weighted by Gasteiger charge is -2.25. The van der Waals surface area contributed by atoms with E-state index in [0.29, 0.717) is 6.42 Å². The average Bonchev–Trinajstić information content (AvgIpc) is 2.89. The molecule has 5 heteroatoms. The maximum absolute atomic E-state index is 10.4. The van der Waals surface area contributed by atoms with Crippen LogP contribution in [0.3, 0.4) is 0 Å². The topological polar surface area (TPSA) is 78.3 Å². The number of rotatable bonds is 6. The van der Waals surface area contributed by atoms with Gasteiger partial charge in [-0.2, -0.15) is 0 Å². The fraction of sp³-hybridized carbons (Fsp3) is 0.500. The fourth-order valence-electron chi connectivity index (χ4n) is 3.89. The van der Waals surface area contributed by atoms with Gasteiger partial charge >= 0.3 is 0 Å². The molecule has 0 amide bonds. The number of aliphatic hydroxyl groups excluding tert-OH is 2. The molecule has 4 atom stereocenters. The van der Waals surface area contributed by atoms with Crippen LogP contribution in [-0.4, -0.2) is 38.9 Å². The lowest BCUT2D eigenvalue weighted by atomic mass is 9.88. The summed E-state index contributed by atoms with van der Waals surface area (Å²) in [6, 6.07) is 10.4. The van der Waals surface area contributed by atoms with Gasteiger partial charge < -0.3 is 15.5 Å². The molecule has 0 radical (unpaired) electrons. The number of hydrogen-bond donors (Lipinski definition) is 3. The van der Waals surface area contributed by atoms with Gasteiger partial charge in [0.25, 0.3) is 0 Å². The van der Waals surface area contributed by atoms with Crippen molar-refractivity contribution in [2.45, 2.75) is 45.4 Å². The molecule has 3 rings (SSSR count). The van der Waals surface area contributed by atoms with E-state index < -0.39 is 6.10 Å². The summed E-state index contributed by atoms with van der Waals surface area (Å²) in [6.07, 6.45) is 2.68. The van der Waals surface area contributed by atoms with Crippen molar-refractivity contribution in [2.75, 3.05) is 6.61 Å². The third-order valence-electron chi connectivity index (χ3n) is 5.36. The van der Waals surface area contributed by atoms with E-state index in [9.17, 15) is 10.2 Å². The molecule has 0 unspecified atom stereocenters. The second-order valence-corrected chi connectivity index (χ2v) is 7.03. The van der Waals surface area contributed by atoms with Crippen LogP contribution in [0.1, 0.15) is 29.1 Å². The Bertz CT molecular complexity index is 707. The van der Waals surface area contributed by atoms with Gasteiger partial charge in [0.1, 0.15) is 5.82 Å². The number of nitrogens with zero attached hydrogens (tertiary/aromatic N) is 2. The molecule has 0 saturated heterocycles. The van der Waals surface area contributed by atoms with E-state index in [2.05, 4.69) is 34.3 Å². The predicted octanol–water partition coefficient (Wildman–Crippen LogP) is 1.78. The van der Waals surface area contributed by atoms with Gasteiger partial charge in [0.05, 0.1) is 6.10 Å². The second kappa shape index (κ2) is 8.04. The van der Waals surface area contributed by atoms with Crippen molar-refractivity contribution in [1.82, 2.24) is 15.3 Å². The molecule has 1 heterocycles. The van der Waals surface area contributed by atoms with E-state index in [4.69, 9.17) is 0 Å². The van der Waals surface area contributed by atoms with Gasteiger partial charge in [-0.25, -0.2) is 9.97 Å². The van der Waals surface area contributed by atoms with E-state index in [1.54, 1.807) is 6.20 Å². The van der Waals surface area contributed by atoms with Crippen molar-refractivity contribution < 1.29 is 10.2 Å². The Kier molecular flexibility index (Phi) is 5.78. The molecule has 134 valence electrons. The summed E-state index contributed by atoms with van der Waals surface area (Å²) in [5.41, 5.74) is 3.49. The third-order valence-corrected chi connectivity index (χ3v) is 5.36. The maximum Gasteiger partial charge on any atom is 0.125 e. The molecule has 1 aliphatic carbocycles. The van der Waals surface area contributed by atoms with Crippen molar-refractivity contribution in [1.29, 1.82) is 0 Å². The number of aromatic nitrogens is 2. The molecule has 1 aliphatic rings. The quantitative estimate of drug-likeness (QED) is 0.746. The highest BCUT2D eigenvalue weighted by Crippen LogP contribution is 2.34. The minimum atomic E-state index is -0.479. The maximum atomic E-state index is 10.4. The van der Waals surface area contributed by atoms with Crippen molar-refractivity contribution in [3.63, 3.8) is 0 Å². The Hall–Kier alpha value is -1.82. The van der Waals surface area contributed by atoms with E-state index in [-0.39, 0.29) is 24.5 Å². The van der Waals surface area contributed by atoms with Gasteiger partial charge in [-0.05, 0) is 49.8 Å². The van der Waals surface area contributed by atoms with Crippen LogP contribution < -0.4 is 5.32 Å². The first kappa shape index (κ1) is 18.0. The number of benzene rings is 1. The molecule has 3 N–H and O–H groups in total. The lowest BCUT2D eigenvalue weighted by molar-refractivity contribution is 0.0716. The summed E-state index contributed by atoms with van der Waals surface area (Å²) >= 11 is 0. The van der Waals surface area contributed by atoms with Gasteiger partial charge in [0, 0.05) is 37.0 Å². The molecule has 1 aromatic heterocycles. The summed E-state index contributed by atoms with van der Waals surface area (Å²) in [7, 11) is 0. The number of aryl methyl sites for hydroxylation is 2. The van der Waals surface area contributed by atoms with Crippen LogP contribution in [0.4, 0.5) is 0 Å². The van der Waals surface area contributed by atoms with Gasteiger partial charge in [0.2, 0.25) is 0 Å². The van der Waals surface area contributed by atoms with Crippen LogP contribution in [0.25, 0.3) is 0 Å². The van der Waals surface area contributed by atoms with Crippen molar-refractivity contribution in [3.05, 3.63) is 59.2 Å². The highest BCUT2D eigenvalue weighted by atomic mass is 16.3. The van der Waals surface area contributed by atoms with Gasteiger partial charge in [-0.3, -0.25) is 0 Å². The second-order valence-electron chi connectivity index (χ2n) is 7.03. The number of aliphatic hydroxyl groups is 2. The average molecular weight is 341 g/mol. The zero-order chi connectivity index (χ0) is 17.8. The summed E-state index contributed by atoms with van der Waals surface area (Å²) in [5, 5.41) is 23.8. The van der Waals surface area contributed by atoms with E-state index in [1.165, 1.54) is 11.1 Å². The Labute approximate surface area is 149 Å². The monoisotopic (exact) mass is 341 g/mol. The van der Waals surface area contributed by atoms with E-state index >= 15 is 0 Å². The molecule has 1 aromatic carbocycles. The van der Waals surface area contributed by atoms with Crippen LogP contribution >= 0.6 is 0 Å². The first-order valence-electron chi connectivity index (χ1n) is 8.94. The zero-order valence-electron chi connectivity index (χ0n) is 14.9. The minimum Gasteiger partial charge on any atom is -0.396 e. The summed E-state index contributed by atoms with van der Waals surface area (Å²) in [4.78, 5) is 8.64. The molecule has 0 spiro atoms. The molecule has 2 aromatic rings. The molecule has 1 saturated carbocycles. The van der Waals surface area contributed by atoms with Gasteiger partial charge in [-0.15, -0.1) is 0 Å². The standard InChI is InChI=1S/C20H27N3O2/c1-13-5-3-4-6-15(13)11-22-19-10-20(25)18(12-24)17(19)9-16-7-8-21-14(2)23-16/h3-8,17-20,22,24-25H,9-12H2,1-2H3/t17-,18-,19-,20-/m1/s1. The molecule has 1 fully saturated rings. The Morgan fingerprint density at radius 1 is 1.16 bits per heavy atom. The molecule has 25 heavy (non-hydrogen) atoms. The Balaban J connectivity index is 1.73. The molecule has 0 bridgehead atoms. The third kappa shape index (κ3) is 4.24. The lowest BCUT2D eigenvalue weighted by Crippen LogP contribution is -2.36. The largest absolute Gasteiger partial charge is 0.396 e. The highest BCUT2D eigenvalue weighted by Gasteiger charge is 2.41. The number of hydrogen-bond acceptors (Lipinski definition) is 5. The SMILES string of the molecule is Cc1nccc(C[C@@H]2[C@@H](CO)[C@H](O)C[C@H]2NCc2ccccc2C)n1. The number of nitrogens with one attached hydrogen (secondary N) is 1. The fourth-order valence-corrected chi connectivity index (χ4v) is 3.89. The normalized spacial score (nSPS) is 26.1. The summed E-state index contributed by atoms with van der Waals surface area (Å²) < 4.78 is 0. The Morgan fingerprint density at radius 2 is 1.96 bits per heavy atom. The minimum absolute atomic E-state index is 0.00154. The van der Waals surface area contributed by atoms with E-state index in [0.717, 1.165) is 24.5 Å². The zero-order valence-corrected chi connectivity index (χ0v) is 14.9. The van der Waals surface area contributed by atoms with Gasteiger partial charge in [-0.1, -0.05) is 24.3 Å². The van der Waals surface area contributed by atoms with Crippen LogP contribution in [0, 0.1) is 25.7 Å². The molecule has 0 aliphatic heterocycles. The van der Waals surface area contributed by atoms with Crippen molar-refractivity contribution in [3.8, 4) is 0 Å². The van der Waals surface area contributed by atoms with E-state index in [1.807, 2.05) is 25.1 Å². The van der Waals surface area contributed by atoms with Crippen molar-refractivity contribution >= 4 is 0 Å². The van der Waals surface area contributed by atoms with Crippen LogP contribution in [0.15, 0.2) is 36.5 Å². The smallest absolute Gasteiger partial charge is 0.125 e. The molecule has 5 nitrogen and oxygen atoms in total. The summed E-state index contributed by atoms with van der Waals surface area (Å²) in [5.74, 6) is 0.781. The Morgan fingerprint density at radius 3 is 2.68 bits per heavy atom. The van der Waals surface area contributed by atoms with Crippen LogP contribution in [0.2, 0.25) is 0 Å². The first-order chi connectivity index (χ1) is 12.1. The first-order valence-corrected chi connectivity index (χ1v) is 8.94. The van der Waals surface area contributed by atoms with Crippen LogP contribution in [-0.2, 0) is 13.0 Å². The highest BCUT2D eigenvalue weighted by molar-refractivity contribution is 5.25. The summed E-state index contributed by atoms with van der Waals surface area (Å²) in [6.45, 7) is 4.75. The van der Waals surface area contributed by atoms with Gasteiger partial charge in [0.15, 0.2) is 0 Å². The molecular weight excluding hydrogens is 314 g/mol. The van der Waals surface area contributed by atoms with Crippen LogP contribution in [0.5, 0.6) is 0 Å². The molecular formula is C20H27N3O2. The predicted molar refractivity (Wildman–Crippen MR) is 97.0 cm³/mol. The van der Waals surface area contributed by atoms with Crippen molar-refractivity contribution in [2.24, 2.45) is 11.8 Å².